The molecule has 1 radical (unpaired) electrons. The molecule has 107 valence electrons. The molecular weight excluding hydrogens is 332 g/mol. The monoisotopic (exact) mass is 340 g/mol. The molecule has 0 saturated heterocycles. The van der Waals surface area contributed by atoms with Gasteiger partial charge in [0.2, 0.25) is 0 Å². The Bertz CT molecular complexity index is 790. The molecule has 1 heterocycles. The van der Waals surface area contributed by atoms with Crippen LogP contribution in [-0.2, 0) is 6.42 Å². The first-order valence-corrected chi connectivity index (χ1v) is 7.74. The van der Waals surface area contributed by atoms with Crippen LogP contribution in [0.25, 0.3) is 10.2 Å². The zero-order valence-electron chi connectivity index (χ0n) is 10.7. The Kier molecular flexibility index (Phi) is 4.29. The Hall–Kier alpha value is -1.36. The molecule has 0 aliphatic heterocycles. The summed E-state index contributed by atoms with van der Waals surface area (Å²) in [5, 5.41) is 0.496. The quantitative estimate of drug-likeness (QED) is 0.611. The van der Waals surface area contributed by atoms with Crippen molar-refractivity contribution in [3.8, 4) is 5.75 Å². The maximum atomic E-state index is 13.4. The highest BCUT2D eigenvalue weighted by Gasteiger charge is 2.11. The van der Waals surface area contributed by atoms with Gasteiger partial charge in [-0.1, -0.05) is 23.2 Å². The van der Waals surface area contributed by atoms with E-state index in [0.29, 0.717) is 23.6 Å². The summed E-state index contributed by atoms with van der Waals surface area (Å²) >= 11 is 13.4. The lowest BCUT2D eigenvalue weighted by molar-refractivity contribution is 0.322. The van der Waals surface area contributed by atoms with Crippen LogP contribution < -0.4 is 4.74 Å². The second kappa shape index (κ2) is 6.18. The molecule has 3 rings (SSSR count). The average Bonchev–Trinajstić information content (AvgIpc) is 2.94. The van der Waals surface area contributed by atoms with Crippen molar-refractivity contribution in [3.63, 3.8) is 0 Å². The standard InChI is InChI=1S/C15H9Cl2FNOS/c16-11-2-3-12(18)15(17)10(11)5-6-20-9-1-4-13-14(7-9)21-8-19-13/h1-4,7H,5-6H2. The fraction of sp³-hybridized carbons (Fsp3) is 0.133. The molecule has 3 aromatic rings. The third-order valence-corrected chi connectivity index (χ3v) is 4.50. The molecule has 0 unspecified atom stereocenters. The highest BCUT2D eigenvalue weighted by molar-refractivity contribution is 7.16. The Balaban J connectivity index is 1.70. The number of thiazole rings is 1. The molecule has 6 heteroatoms. The molecule has 0 saturated carbocycles. The van der Waals surface area contributed by atoms with Gasteiger partial charge in [0.15, 0.2) is 5.51 Å². The Morgan fingerprint density at radius 3 is 2.95 bits per heavy atom. The van der Waals surface area contributed by atoms with Gasteiger partial charge in [0, 0.05) is 11.4 Å². The molecule has 0 amide bonds. The first-order valence-electron chi connectivity index (χ1n) is 6.17. The Morgan fingerprint density at radius 2 is 2.10 bits per heavy atom. The van der Waals surface area contributed by atoms with Crippen molar-refractivity contribution < 1.29 is 9.13 Å². The van der Waals surface area contributed by atoms with E-state index in [0.717, 1.165) is 16.0 Å². The number of hydrogen-bond acceptors (Lipinski definition) is 3. The summed E-state index contributed by atoms with van der Waals surface area (Å²) in [6.07, 6.45) is 0.433. The molecule has 2 aromatic carbocycles. The third kappa shape index (κ3) is 3.12. The second-order valence-corrected chi connectivity index (χ2v) is 5.97. The van der Waals surface area contributed by atoms with Crippen molar-refractivity contribution in [2.45, 2.75) is 6.42 Å². The predicted octanol–water partition coefficient (Wildman–Crippen LogP) is 5.16. The first-order chi connectivity index (χ1) is 10.1. The van der Waals surface area contributed by atoms with E-state index < -0.39 is 5.82 Å². The van der Waals surface area contributed by atoms with Gasteiger partial charge in [0.25, 0.3) is 0 Å². The predicted molar refractivity (Wildman–Crippen MR) is 84.1 cm³/mol. The third-order valence-electron chi connectivity index (χ3n) is 3.01. The lowest BCUT2D eigenvalue weighted by atomic mass is 10.1. The number of ether oxygens (including phenoxy) is 1. The average molecular weight is 341 g/mol. The smallest absolute Gasteiger partial charge is 0.153 e. The zero-order chi connectivity index (χ0) is 14.8. The van der Waals surface area contributed by atoms with Crippen LogP contribution in [0.2, 0.25) is 10.0 Å². The molecule has 0 fully saturated rings. The molecule has 0 spiro atoms. The fourth-order valence-electron chi connectivity index (χ4n) is 1.95. The van der Waals surface area contributed by atoms with Crippen molar-refractivity contribution in [2.24, 2.45) is 0 Å². The van der Waals surface area contributed by atoms with Crippen molar-refractivity contribution in [1.29, 1.82) is 0 Å². The molecule has 21 heavy (non-hydrogen) atoms. The number of benzene rings is 2. The summed E-state index contributed by atoms with van der Waals surface area (Å²) in [4.78, 5) is 4.08. The Labute approximate surface area is 135 Å². The summed E-state index contributed by atoms with van der Waals surface area (Å²) in [7, 11) is 0. The van der Waals surface area contributed by atoms with Gasteiger partial charge in [-0.15, -0.1) is 11.3 Å². The molecule has 2 nitrogen and oxygen atoms in total. The van der Waals surface area contributed by atoms with E-state index in [1.54, 1.807) is 0 Å². The van der Waals surface area contributed by atoms with Crippen LogP contribution in [0.4, 0.5) is 4.39 Å². The number of rotatable bonds is 4. The first kappa shape index (κ1) is 14.6. The van der Waals surface area contributed by atoms with E-state index in [9.17, 15) is 4.39 Å². The highest BCUT2D eigenvalue weighted by Crippen LogP contribution is 2.28. The van der Waals surface area contributed by atoms with Crippen molar-refractivity contribution in [3.05, 3.63) is 57.3 Å². The summed E-state index contributed by atoms with van der Waals surface area (Å²) in [5.74, 6) is 0.251. The van der Waals surface area contributed by atoms with Crippen LogP contribution >= 0.6 is 34.5 Å². The number of nitrogens with zero attached hydrogens (tertiary/aromatic N) is 1. The van der Waals surface area contributed by atoms with Crippen molar-refractivity contribution >= 4 is 44.8 Å². The zero-order valence-corrected chi connectivity index (χ0v) is 13.0. The minimum absolute atomic E-state index is 0.0543. The van der Waals surface area contributed by atoms with Gasteiger partial charge in [-0.05, 0) is 35.9 Å². The summed E-state index contributed by atoms with van der Waals surface area (Å²) < 4.78 is 20.1. The second-order valence-electron chi connectivity index (χ2n) is 4.35. The van der Waals surface area contributed by atoms with Crippen LogP contribution in [-0.4, -0.2) is 11.6 Å². The molecule has 0 aliphatic carbocycles. The van der Waals surface area contributed by atoms with Gasteiger partial charge in [-0.3, -0.25) is 0 Å². The van der Waals surface area contributed by atoms with Gasteiger partial charge in [0.1, 0.15) is 11.6 Å². The number of hydrogen-bond donors (Lipinski definition) is 0. The Morgan fingerprint density at radius 1 is 1.24 bits per heavy atom. The largest absolute Gasteiger partial charge is 0.493 e. The van der Waals surface area contributed by atoms with Gasteiger partial charge in [-0.25, -0.2) is 9.37 Å². The fourth-order valence-corrected chi connectivity index (χ4v) is 3.14. The minimum Gasteiger partial charge on any atom is -0.493 e. The highest BCUT2D eigenvalue weighted by atomic mass is 35.5. The SMILES string of the molecule is Fc1ccc(Cl)c(CCOc2ccc3n[c]sc3c2)c1Cl. The molecule has 0 atom stereocenters. The topological polar surface area (TPSA) is 22.1 Å². The van der Waals surface area contributed by atoms with Crippen molar-refractivity contribution in [1.82, 2.24) is 4.98 Å². The minimum atomic E-state index is -0.474. The van der Waals surface area contributed by atoms with E-state index in [1.807, 2.05) is 18.2 Å². The molecule has 0 bridgehead atoms. The molecule has 0 N–H and O–H groups in total. The summed E-state index contributed by atoms with van der Waals surface area (Å²) in [6.45, 7) is 0.358. The van der Waals surface area contributed by atoms with Crippen LogP contribution in [0.3, 0.4) is 0 Å². The molecular formula is C15H9Cl2FNOS. The molecule has 0 aliphatic rings. The lowest BCUT2D eigenvalue weighted by Gasteiger charge is -2.09. The van der Waals surface area contributed by atoms with Crippen LogP contribution in [0.15, 0.2) is 30.3 Å². The van der Waals surface area contributed by atoms with Gasteiger partial charge in [-0.2, -0.15) is 0 Å². The van der Waals surface area contributed by atoms with Gasteiger partial charge in [0.05, 0.1) is 21.8 Å². The van der Waals surface area contributed by atoms with E-state index in [1.165, 1.54) is 23.5 Å². The van der Waals surface area contributed by atoms with E-state index >= 15 is 0 Å². The van der Waals surface area contributed by atoms with Crippen LogP contribution in [0.1, 0.15) is 5.56 Å². The summed E-state index contributed by atoms with van der Waals surface area (Å²) in [6, 6.07) is 8.36. The molecule has 1 aromatic heterocycles. The van der Waals surface area contributed by atoms with E-state index in [2.05, 4.69) is 10.5 Å². The number of fused-ring (bicyclic) bond motifs is 1. The van der Waals surface area contributed by atoms with E-state index in [-0.39, 0.29) is 5.02 Å². The van der Waals surface area contributed by atoms with E-state index in [4.69, 9.17) is 27.9 Å². The van der Waals surface area contributed by atoms with Gasteiger partial charge >= 0.3 is 0 Å². The van der Waals surface area contributed by atoms with Crippen LogP contribution in [0, 0.1) is 11.3 Å². The van der Waals surface area contributed by atoms with Gasteiger partial charge < -0.3 is 4.74 Å². The lowest BCUT2D eigenvalue weighted by Crippen LogP contribution is -2.03. The number of aromatic nitrogens is 1. The maximum absolute atomic E-state index is 13.4. The van der Waals surface area contributed by atoms with Crippen molar-refractivity contribution in [2.75, 3.05) is 6.61 Å². The van der Waals surface area contributed by atoms with Crippen LogP contribution in [0.5, 0.6) is 5.75 Å². The number of halogens is 3. The summed E-state index contributed by atoms with van der Waals surface area (Å²) in [5.41, 5.74) is 4.28. The maximum Gasteiger partial charge on any atom is 0.153 e. The normalized spacial score (nSPS) is 11.0.